The van der Waals surface area contributed by atoms with E-state index in [1.165, 1.54) is 13.1 Å². The molecule has 2 fully saturated rings. The van der Waals surface area contributed by atoms with Gasteiger partial charge in [0.2, 0.25) is 11.8 Å². The normalized spacial score (nSPS) is 19.7. The van der Waals surface area contributed by atoms with Crippen LogP contribution in [0.3, 0.4) is 0 Å². The standard InChI is InChI=1S/C25H38N6O9/c1-5-8-28-22(37)30(15-17(32)13-27-9-11-40-12-10-27)24(39)31(23(28)38)16-18(33)14-29-20(35)25(6-2,7-3)19(34)26(4)21(29)36/h5,17-18,32-33H,1,6-16H2,2-4H3/p+1. The summed E-state index contributed by atoms with van der Waals surface area (Å²) in [6.07, 6.45) is -1.11. The summed E-state index contributed by atoms with van der Waals surface area (Å²) in [6, 6.07) is -0.929. The molecular formula is C25H39N6O9+. The summed E-state index contributed by atoms with van der Waals surface area (Å²) < 4.78 is 7.41. The van der Waals surface area contributed by atoms with Crippen molar-refractivity contribution in [2.75, 3.05) is 46.4 Å². The number of rotatable bonds is 12. The van der Waals surface area contributed by atoms with Gasteiger partial charge in [0.25, 0.3) is 0 Å². The van der Waals surface area contributed by atoms with Gasteiger partial charge in [-0.15, -0.1) is 6.58 Å². The fourth-order valence-corrected chi connectivity index (χ4v) is 5.27. The maximum absolute atomic E-state index is 13.3. The quantitative estimate of drug-likeness (QED) is 0.169. The highest BCUT2D eigenvalue weighted by molar-refractivity contribution is 6.18. The number of nitrogens with zero attached hydrogens (tertiary/aromatic N) is 5. The van der Waals surface area contributed by atoms with E-state index in [0.717, 1.165) is 23.8 Å². The van der Waals surface area contributed by atoms with Crippen molar-refractivity contribution in [3.8, 4) is 0 Å². The predicted octanol–water partition coefficient (Wildman–Crippen LogP) is -3.78. The third-order valence-electron chi connectivity index (χ3n) is 7.69. The number of aliphatic hydroxyl groups is 2. The van der Waals surface area contributed by atoms with E-state index in [9.17, 15) is 39.0 Å². The molecule has 2 saturated heterocycles. The van der Waals surface area contributed by atoms with Gasteiger partial charge in [0.05, 0.1) is 45.5 Å². The lowest BCUT2D eigenvalue weighted by Gasteiger charge is -2.42. The van der Waals surface area contributed by atoms with Gasteiger partial charge in [-0.2, -0.15) is 0 Å². The number of aliphatic hydroxyl groups excluding tert-OH is 2. The summed E-state index contributed by atoms with van der Waals surface area (Å²) in [5.74, 6) is -1.40. The number of allylic oxidation sites excluding steroid dienone is 1. The molecular weight excluding hydrogens is 528 g/mol. The Labute approximate surface area is 230 Å². The van der Waals surface area contributed by atoms with E-state index in [-0.39, 0.29) is 32.5 Å². The van der Waals surface area contributed by atoms with Crippen LogP contribution in [0.2, 0.25) is 0 Å². The van der Waals surface area contributed by atoms with Crippen LogP contribution < -0.4 is 22.0 Å². The highest BCUT2D eigenvalue weighted by atomic mass is 16.5. The number of aromatic nitrogens is 3. The van der Waals surface area contributed by atoms with Crippen molar-refractivity contribution in [3.05, 3.63) is 44.1 Å². The molecule has 2 aliphatic rings. The molecule has 0 radical (unpaired) electrons. The van der Waals surface area contributed by atoms with E-state index in [4.69, 9.17) is 4.74 Å². The second-order valence-corrected chi connectivity index (χ2v) is 10.2. The SMILES string of the molecule is C=CCn1c(=O)n(CC(O)CN2C(=O)N(C)C(=O)C(CC)(CC)C2=O)c(=O)n(CC(O)C[NH+]2CCOCC2)c1=O. The van der Waals surface area contributed by atoms with E-state index in [0.29, 0.717) is 30.9 Å². The van der Waals surface area contributed by atoms with Crippen LogP contribution >= 0.6 is 0 Å². The van der Waals surface area contributed by atoms with E-state index in [1.807, 2.05) is 0 Å². The molecule has 15 heteroatoms. The van der Waals surface area contributed by atoms with Crippen molar-refractivity contribution < 1.29 is 34.2 Å². The topological polar surface area (TPSA) is 178 Å². The number of barbiturate groups is 1. The molecule has 15 nitrogen and oxygen atoms in total. The van der Waals surface area contributed by atoms with Crippen molar-refractivity contribution >= 4 is 17.8 Å². The van der Waals surface area contributed by atoms with E-state index >= 15 is 0 Å². The van der Waals surface area contributed by atoms with Gasteiger partial charge in [-0.1, -0.05) is 19.9 Å². The highest BCUT2D eigenvalue weighted by Gasteiger charge is 2.54. The minimum absolute atomic E-state index is 0.135. The molecule has 0 spiro atoms. The molecule has 2 atom stereocenters. The molecule has 2 aliphatic heterocycles. The van der Waals surface area contributed by atoms with Crippen molar-refractivity contribution in [2.45, 2.75) is 58.5 Å². The molecule has 222 valence electrons. The number of hydrogen-bond acceptors (Lipinski definition) is 9. The number of nitrogens with one attached hydrogen (secondary N) is 1. The van der Waals surface area contributed by atoms with Crippen LogP contribution in [0.25, 0.3) is 0 Å². The number of quaternary nitrogens is 1. The van der Waals surface area contributed by atoms with Crippen LogP contribution in [0.1, 0.15) is 26.7 Å². The lowest BCUT2D eigenvalue weighted by molar-refractivity contribution is -0.911. The number of carbonyl (C=O) groups excluding carboxylic acids is 3. The minimum Gasteiger partial charge on any atom is -0.389 e. The lowest BCUT2D eigenvalue weighted by Crippen LogP contribution is -3.15. The highest BCUT2D eigenvalue weighted by Crippen LogP contribution is 2.35. The Kier molecular flexibility index (Phi) is 10.00. The molecule has 1 aromatic heterocycles. The summed E-state index contributed by atoms with van der Waals surface area (Å²) in [5, 5.41) is 21.5. The maximum Gasteiger partial charge on any atom is 0.336 e. The van der Waals surface area contributed by atoms with Crippen LogP contribution in [0.5, 0.6) is 0 Å². The first-order chi connectivity index (χ1) is 18.9. The fraction of sp³-hybridized carbons (Fsp3) is 0.680. The Balaban J connectivity index is 1.90. The van der Waals surface area contributed by atoms with Crippen molar-refractivity contribution in [3.63, 3.8) is 0 Å². The molecule has 4 amide bonds. The number of ether oxygens (including phenoxy) is 1. The first-order valence-electron chi connectivity index (χ1n) is 13.4. The molecule has 0 bridgehead atoms. The van der Waals surface area contributed by atoms with Gasteiger partial charge in [-0.3, -0.25) is 19.4 Å². The third-order valence-corrected chi connectivity index (χ3v) is 7.69. The number of hydrogen-bond donors (Lipinski definition) is 3. The number of urea groups is 1. The Morgan fingerprint density at radius 1 is 0.875 bits per heavy atom. The van der Waals surface area contributed by atoms with Gasteiger partial charge in [0.1, 0.15) is 31.2 Å². The van der Waals surface area contributed by atoms with Crippen molar-refractivity contribution in [2.24, 2.45) is 5.41 Å². The predicted molar refractivity (Wildman–Crippen MR) is 141 cm³/mol. The van der Waals surface area contributed by atoms with Gasteiger partial charge >= 0.3 is 23.1 Å². The Bertz CT molecular complexity index is 1310. The average molecular weight is 568 g/mol. The molecule has 1 aromatic rings. The average Bonchev–Trinajstić information content (AvgIpc) is 2.94. The molecule has 0 aromatic carbocycles. The van der Waals surface area contributed by atoms with Crippen LogP contribution in [0.4, 0.5) is 4.79 Å². The zero-order valence-electron chi connectivity index (χ0n) is 23.2. The van der Waals surface area contributed by atoms with Crippen LogP contribution in [0.15, 0.2) is 27.0 Å². The smallest absolute Gasteiger partial charge is 0.336 e. The van der Waals surface area contributed by atoms with Crippen LogP contribution in [-0.2, 0) is 34.0 Å². The molecule has 3 N–H and O–H groups in total. The van der Waals surface area contributed by atoms with Crippen molar-refractivity contribution in [1.29, 1.82) is 0 Å². The molecule has 2 unspecified atom stereocenters. The number of morpholine rings is 1. The third kappa shape index (κ3) is 5.87. The first kappa shape index (κ1) is 31.1. The van der Waals surface area contributed by atoms with Crippen molar-refractivity contribution in [1.82, 2.24) is 23.5 Å². The minimum atomic E-state index is -1.59. The monoisotopic (exact) mass is 567 g/mol. The Morgan fingerprint density at radius 2 is 1.40 bits per heavy atom. The largest absolute Gasteiger partial charge is 0.389 e. The van der Waals surface area contributed by atoms with Gasteiger partial charge < -0.3 is 19.8 Å². The van der Waals surface area contributed by atoms with Gasteiger partial charge in [-0.05, 0) is 12.8 Å². The second kappa shape index (κ2) is 12.8. The molecule has 3 heterocycles. The summed E-state index contributed by atoms with van der Waals surface area (Å²) in [4.78, 5) is 80.7. The van der Waals surface area contributed by atoms with E-state index in [1.54, 1.807) is 13.8 Å². The van der Waals surface area contributed by atoms with Gasteiger partial charge in [-0.25, -0.2) is 32.9 Å². The fourth-order valence-electron chi connectivity index (χ4n) is 5.27. The summed E-state index contributed by atoms with van der Waals surface area (Å²) in [7, 11) is 1.24. The Morgan fingerprint density at radius 3 is 1.93 bits per heavy atom. The zero-order valence-corrected chi connectivity index (χ0v) is 23.2. The van der Waals surface area contributed by atoms with Gasteiger partial charge in [0, 0.05) is 7.05 Å². The summed E-state index contributed by atoms with van der Waals surface area (Å²) in [6.45, 7) is 7.59. The summed E-state index contributed by atoms with van der Waals surface area (Å²) >= 11 is 0. The van der Waals surface area contributed by atoms with Crippen LogP contribution in [-0.4, -0.2) is 110 Å². The molecule has 0 aliphatic carbocycles. The number of imide groups is 2. The van der Waals surface area contributed by atoms with Gasteiger partial charge in [0.15, 0.2) is 0 Å². The first-order valence-corrected chi connectivity index (χ1v) is 13.4. The molecule has 0 saturated carbocycles. The van der Waals surface area contributed by atoms with Crippen LogP contribution in [0, 0.1) is 5.41 Å². The van der Waals surface area contributed by atoms with E-state index < -0.39 is 65.6 Å². The lowest BCUT2D eigenvalue weighted by atomic mass is 9.78. The zero-order chi connectivity index (χ0) is 29.8. The number of carbonyl (C=O) groups is 3. The number of amides is 4. The number of β-amino-alcohol motifs (C(OH)–C–C–N with tert-alkyl or cyclic N) is 1. The molecule has 40 heavy (non-hydrogen) atoms. The van der Waals surface area contributed by atoms with E-state index in [2.05, 4.69) is 6.58 Å². The molecule has 3 rings (SSSR count). The maximum atomic E-state index is 13.3. The Hall–Kier alpha value is -3.40. The second-order valence-electron chi connectivity index (χ2n) is 10.2. The summed E-state index contributed by atoms with van der Waals surface area (Å²) in [5.41, 5.74) is -4.47.